The van der Waals surface area contributed by atoms with E-state index in [0.717, 1.165) is 5.56 Å². The van der Waals surface area contributed by atoms with Gasteiger partial charge in [0, 0.05) is 5.56 Å². The fourth-order valence-corrected chi connectivity index (χ4v) is 1.71. The smallest absolute Gasteiger partial charge is 0.337 e. The zero-order chi connectivity index (χ0) is 11.6. The Balaban J connectivity index is 2.22. The summed E-state index contributed by atoms with van der Waals surface area (Å²) >= 11 is 0. The van der Waals surface area contributed by atoms with Crippen molar-refractivity contribution in [2.75, 3.05) is 20.3 Å². The van der Waals surface area contributed by atoms with E-state index in [4.69, 9.17) is 9.47 Å². The highest BCUT2D eigenvalue weighted by Crippen LogP contribution is 2.30. The lowest BCUT2D eigenvalue weighted by Gasteiger charge is -2.22. The van der Waals surface area contributed by atoms with Crippen LogP contribution >= 0.6 is 0 Å². The predicted octanol–water partition coefficient (Wildman–Crippen LogP) is 1.69. The SMILES string of the molecule is COC(=O)c1ccc(C2(C)OCCO2)cc1. The van der Waals surface area contributed by atoms with Gasteiger partial charge in [0.05, 0.1) is 25.9 Å². The van der Waals surface area contributed by atoms with Gasteiger partial charge in [-0.3, -0.25) is 0 Å². The summed E-state index contributed by atoms with van der Waals surface area (Å²) in [6.45, 7) is 3.05. The first-order chi connectivity index (χ1) is 7.65. The molecule has 1 aromatic rings. The van der Waals surface area contributed by atoms with E-state index in [1.54, 1.807) is 12.1 Å². The molecule has 0 atom stereocenters. The van der Waals surface area contributed by atoms with E-state index in [9.17, 15) is 4.79 Å². The van der Waals surface area contributed by atoms with E-state index in [1.807, 2.05) is 19.1 Å². The molecule has 1 aliphatic rings. The second kappa shape index (κ2) is 4.23. The number of methoxy groups -OCH3 is 1. The first kappa shape index (κ1) is 11.1. The average molecular weight is 222 g/mol. The van der Waals surface area contributed by atoms with Gasteiger partial charge in [0.2, 0.25) is 0 Å². The molecule has 0 N–H and O–H groups in total. The van der Waals surface area contributed by atoms with Crippen LogP contribution in [-0.2, 0) is 20.0 Å². The molecule has 86 valence electrons. The zero-order valence-corrected chi connectivity index (χ0v) is 9.36. The monoisotopic (exact) mass is 222 g/mol. The molecule has 1 heterocycles. The second-order valence-corrected chi connectivity index (χ2v) is 3.71. The van der Waals surface area contributed by atoms with Crippen molar-refractivity contribution in [3.8, 4) is 0 Å². The minimum atomic E-state index is -0.686. The number of carbonyl (C=O) groups excluding carboxylic acids is 1. The molecule has 0 unspecified atom stereocenters. The van der Waals surface area contributed by atoms with Crippen LogP contribution in [0.3, 0.4) is 0 Å². The first-order valence-electron chi connectivity index (χ1n) is 5.12. The van der Waals surface area contributed by atoms with Gasteiger partial charge in [0.15, 0.2) is 5.79 Å². The topological polar surface area (TPSA) is 44.8 Å². The molecule has 0 amide bonds. The molecular weight excluding hydrogens is 208 g/mol. The Morgan fingerprint density at radius 2 is 1.81 bits per heavy atom. The minimum Gasteiger partial charge on any atom is -0.465 e. The zero-order valence-electron chi connectivity index (χ0n) is 9.36. The summed E-state index contributed by atoms with van der Waals surface area (Å²) < 4.78 is 15.7. The number of benzene rings is 1. The first-order valence-corrected chi connectivity index (χ1v) is 5.12. The lowest BCUT2D eigenvalue weighted by molar-refractivity contribution is -0.149. The Labute approximate surface area is 94.1 Å². The van der Waals surface area contributed by atoms with E-state index >= 15 is 0 Å². The van der Waals surface area contributed by atoms with Crippen molar-refractivity contribution in [3.63, 3.8) is 0 Å². The Morgan fingerprint density at radius 1 is 1.25 bits per heavy atom. The van der Waals surface area contributed by atoms with Gasteiger partial charge in [-0.25, -0.2) is 4.79 Å². The van der Waals surface area contributed by atoms with Crippen LogP contribution in [0.15, 0.2) is 24.3 Å². The van der Waals surface area contributed by atoms with Crippen LogP contribution in [0.2, 0.25) is 0 Å². The Morgan fingerprint density at radius 3 is 2.31 bits per heavy atom. The molecule has 2 rings (SSSR count). The standard InChI is InChI=1S/C12H14O4/c1-12(15-7-8-16-12)10-5-3-9(4-6-10)11(13)14-2/h3-6H,7-8H2,1-2H3. The normalized spacial score (nSPS) is 18.4. The average Bonchev–Trinajstić information content (AvgIpc) is 2.77. The lowest BCUT2D eigenvalue weighted by Crippen LogP contribution is -2.22. The fraction of sp³-hybridized carbons (Fsp3) is 0.417. The highest BCUT2D eigenvalue weighted by molar-refractivity contribution is 5.89. The molecule has 4 nitrogen and oxygen atoms in total. The summed E-state index contributed by atoms with van der Waals surface area (Å²) in [5.41, 5.74) is 1.42. The molecule has 0 bridgehead atoms. The molecule has 0 aliphatic carbocycles. The largest absolute Gasteiger partial charge is 0.465 e. The second-order valence-electron chi connectivity index (χ2n) is 3.71. The lowest BCUT2D eigenvalue weighted by atomic mass is 10.1. The molecule has 0 saturated carbocycles. The molecule has 1 aromatic carbocycles. The van der Waals surface area contributed by atoms with Gasteiger partial charge in [-0.05, 0) is 19.1 Å². The third kappa shape index (κ3) is 1.94. The molecule has 1 aliphatic heterocycles. The van der Waals surface area contributed by atoms with E-state index in [-0.39, 0.29) is 5.97 Å². The van der Waals surface area contributed by atoms with Crippen molar-refractivity contribution in [1.82, 2.24) is 0 Å². The van der Waals surface area contributed by atoms with Crippen LogP contribution in [0, 0.1) is 0 Å². The fourth-order valence-electron chi connectivity index (χ4n) is 1.71. The molecular formula is C12H14O4. The summed E-state index contributed by atoms with van der Waals surface area (Å²) in [4.78, 5) is 11.2. The van der Waals surface area contributed by atoms with Crippen molar-refractivity contribution in [2.45, 2.75) is 12.7 Å². The van der Waals surface area contributed by atoms with Gasteiger partial charge < -0.3 is 14.2 Å². The van der Waals surface area contributed by atoms with E-state index in [0.29, 0.717) is 18.8 Å². The summed E-state index contributed by atoms with van der Waals surface area (Å²) in [7, 11) is 1.36. The molecule has 0 radical (unpaired) electrons. The van der Waals surface area contributed by atoms with Crippen LogP contribution in [-0.4, -0.2) is 26.3 Å². The maximum atomic E-state index is 11.2. The summed E-state index contributed by atoms with van der Waals surface area (Å²) in [5.74, 6) is -1.03. The number of esters is 1. The maximum absolute atomic E-state index is 11.2. The molecule has 0 aromatic heterocycles. The van der Waals surface area contributed by atoms with E-state index in [2.05, 4.69) is 4.74 Å². The maximum Gasteiger partial charge on any atom is 0.337 e. The number of hydrogen-bond acceptors (Lipinski definition) is 4. The Bertz CT molecular complexity index is 377. The number of carbonyl (C=O) groups is 1. The highest BCUT2D eigenvalue weighted by atomic mass is 16.7. The van der Waals surface area contributed by atoms with Gasteiger partial charge in [-0.15, -0.1) is 0 Å². The van der Waals surface area contributed by atoms with Crippen LogP contribution < -0.4 is 0 Å². The predicted molar refractivity (Wildman–Crippen MR) is 57.0 cm³/mol. The van der Waals surface area contributed by atoms with Gasteiger partial charge >= 0.3 is 5.97 Å². The minimum absolute atomic E-state index is 0.343. The van der Waals surface area contributed by atoms with Gasteiger partial charge in [0.1, 0.15) is 0 Å². The molecule has 1 saturated heterocycles. The summed E-state index contributed by atoms with van der Waals surface area (Å²) in [5, 5.41) is 0. The van der Waals surface area contributed by atoms with Crippen molar-refractivity contribution in [3.05, 3.63) is 35.4 Å². The van der Waals surface area contributed by atoms with E-state index in [1.165, 1.54) is 7.11 Å². The van der Waals surface area contributed by atoms with Crippen molar-refractivity contribution < 1.29 is 19.0 Å². The van der Waals surface area contributed by atoms with Crippen molar-refractivity contribution in [2.24, 2.45) is 0 Å². The highest BCUT2D eigenvalue weighted by Gasteiger charge is 2.32. The summed E-state index contributed by atoms with van der Waals surface area (Å²) in [6.07, 6.45) is 0. The van der Waals surface area contributed by atoms with Crippen LogP contribution in [0.5, 0.6) is 0 Å². The Kier molecular flexibility index (Phi) is 2.94. The number of hydrogen-bond donors (Lipinski definition) is 0. The van der Waals surface area contributed by atoms with Gasteiger partial charge in [-0.2, -0.15) is 0 Å². The third-order valence-corrected chi connectivity index (χ3v) is 2.67. The van der Waals surface area contributed by atoms with Crippen LogP contribution in [0.1, 0.15) is 22.8 Å². The molecule has 1 fully saturated rings. The Hall–Kier alpha value is -1.39. The van der Waals surface area contributed by atoms with Crippen LogP contribution in [0.4, 0.5) is 0 Å². The van der Waals surface area contributed by atoms with Gasteiger partial charge in [0.25, 0.3) is 0 Å². The van der Waals surface area contributed by atoms with E-state index < -0.39 is 5.79 Å². The quantitative estimate of drug-likeness (QED) is 0.714. The van der Waals surface area contributed by atoms with Gasteiger partial charge in [-0.1, -0.05) is 12.1 Å². The van der Waals surface area contributed by atoms with Crippen LogP contribution in [0.25, 0.3) is 0 Å². The van der Waals surface area contributed by atoms with Crippen molar-refractivity contribution >= 4 is 5.97 Å². The van der Waals surface area contributed by atoms with Crippen molar-refractivity contribution in [1.29, 1.82) is 0 Å². The number of rotatable bonds is 2. The third-order valence-electron chi connectivity index (χ3n) is 2.67. The summed E-state index contributed by atoms with van der Waals surface area (Å²) in [6, 6.07) is 7.05. The molecule has 0 spiro atoms. The molecule has 16 heavy (non-hydrogen) atoms. The number of ether oxygens (including phenoxy) is 3. The molecule has 4 heteroatoms.